The third kappa shape index (κ3) is 6.01. The Morgan fingerprint density at radius 3 is 2.65 bits per heavy atom. The fraction of sp³-hybridized carbons (Fsp3) is 0.682. The summed E-state index contributed by atoms with van der Waals surface area (Å²) >= 11 is 0. The van der Waals surface area contributed by atoms with Crippen molar-refractivity contribution in [1.29, 1.82) is 0 Å². The van der Waals surface area contributed by atoms with E-state index in [9.17, 15) is 4.79 Å². The number of nitrogens with zero attached hydrogens (tertiary/aromatic N) is 2. The first kappa shape index (κ1) is 20.8. The topological polar surface area (TPSA) is 32.8 Å². The minimum Gasteiger partial charge on any atom is -0.497 e. The maximum Gasteiger partial charge on any atom is 0.222 e. The van der Waals surface area contributed by atoms with Gasteiger partial charge in [0.25, 0.3) is 0 Å². The quantitative estimate of drug-likeness (QED) is 0.664. The number of methoxy groups -OCH3 is 1. The van der Waals surface area contributed by atoms with Gasteiger partial charge < -0.3 is 14.5 Å². The number of carbonyl (C=O) groups is 1. The van der Waals surface area contributed by atoms with Gasteiger partial charge in [0.05, 0.1) is 7.11 Å². The van der Waals surface area contributed by atoms with E-state index in [1.807, 2.05) is 12.1 Å². The number of hydrogen-bond acceptors (Lipinski definition) is 3. The summed E-state index contributed by atoms with van der Waals surface area (Å²) in [6.07, 6.45) is 6.23. The molecule has 4 nitrogen and oxygen atoms in total. The van der Waals surface area contributed by atoms with Gasteiger partial charge in [-0.05, 0) is 76.7 Å². The molecule has 2 unspecified atom stereocenters. The normalized spacial score (nSPS) is 18.8. The van der Waals surface area contributed by atoms with E-state index in [2.05, 4.69) is 42.7 Å². The number of likely N-dealkylation sites (tertiary alicyclic amines) is 1. The molecule has 1 heterocycles. The van der Waals surface area contributed by atoms with Crippen LogP contribution in [0.5, 0.6) is 5.75 Å². The van der Waals surface area contributed by atoms with Crippen LogP contribution in [0.3, 0.4) is 0 Å². The first-order valence-electron chi connectivity index (χ1n) is 10.2. The molecule has 0 spiro atoms. The molecule has 0 bridgehead atoms. The third-order valence-corrected chi connectivity index (χ3v) is 5.68. The molecule has 0 saturated carbocycles. The Morgan fingerprint density at radius 2 is 2.04 bits per heavy atom. The lowest BCUT2D eigenvalue weighted by atomic mass is 10.0. The van der Waals surface area contributed by atoms with Crippen molar-refractivity contribution in [2.45, 2.75) is 71.4 Å². The molecule has 0 radical (unpaired) electrons. The monoisotopic (exact) mass is 360 g/mol. The van der Waals surface area contributed by atoms with Gasteiger partial charge in [-0.1, -0.05) is 19.1 Å². The minimum absolute atomic E-state index is 0.344. The van der Waals surface area contributed by atoms with Gasteiger partial charge >= 0.3 is 0 Å². The van der Waals surface area contributed by atoms with E-state index in [0.717, 1.165) is 51.1 Å². The molecule has 0 aromatic heterocycles. The zero-order valence-corrected chi connectivity index (χ0v) is 17.0. The van der Waals surface area contributed by atoms with Crippen molar-refractivity contribution in [3.05, 3.63) is 29.8 Å². The second-order valence-electron chi connectivity index (χ2n) is 7.57. The van der Waals surface area contributed by atoms with Gasteiger partial charge in [0.1, 0.15) is 5.75 Å². The van der Waals surface area contributed by atoms with Crippen molar-refractivity contribution in [2.24, 2.45) is 0 Å². The van der Waals surface area contributed by atoms with Gasteiger partial charge in [-0.3, -0.25) is 4.79 Å². The van der Waals surface area contributed by atoms with Crippen LogP contribution in [0.1, 0.15) is 58.4 Å². The number of amides is 1. The van der Waals surface area contributed by atoms with Gasteiger partial charge in [-0.25, -0.2) is 0 Å². The van der Waals surface area contributed by atoms with E-state index in [-0.39, 0.29) is 0 Å². The van der Waals surface area contributed by atoms with Crippen LogP contribution in [-0.4, -0.2) is 54.5 Å². The summed E-state index contributed by atoms with van der Waals surface area (Å²) in [4.78, 5) is 17.1. The van der Waals surface area contributed by atoms with Crippen LogP contribution < -0.4 is 4.74 Å². The molecule has 1 aliphatic rings. The molecule has 1 fully saturated rings. The Balaban J connectivity index is 1.77. The molecular formula is C22H36N2O2. The predicted octanol–water partition coefficient (Wildman–Crippen LogP) is 4.13. The molecule has 1 aromatic rings. The highest BCUT2D eigenvalue weighted by molar-refractivity contribution is 5.76. The number of hydrogen-bond donors (Lipinski definition) is 0. The van der Waals surface area contributed by atoms with Crippen LogP contribution in [0.4, 0.5) is 0 Å². The van der Waals surface area contributed by atoms with Crippen molar-refractivity contribution < 1.29 is 9.53 Å². The second-order valence-corrected chi connectivity index (χ2v) is 7.57. The molecule has 1 amide bonds. The fourth-order valence-corrected chi connectivity index (χ4v) is 3.97. The number of piperidine rings is 1. The Hall–Kier alpha value is -1.55. The zero-order valence-electron chi connectivity index (χ0n) is 17.0. The summed E-state index contributed by atoms with van der Waals surface area (Å²) in [7, 11) is 1.70. The fourth-order valence-electron chi connectivity index (χ4n) is 3.97. The van der Waals surface area contributed by atoms with E-state index in [0.29, 0.717) is 24.4 Å². The number of carbonyl (C=O) groups excluding carboxylic acids is 1. The second kappa shape index (κ2) is 10.6. The zero-order chi connectivity index (χ0) is 18.9. The van der Waals surface area contributed by atoms with Crippen molar-refractivity contribution >= 4 is 5.91 Å². The maximum atomic E-state index is 12.5. The molecule has 4 heteroatoms. The van der Waals surface area contributed by atoms with E-state index in [1.54, 1.807) is 7.11 Å². The third-order valence-electron chi connectivity index (χ3n) is 5.68. The van der Waals surface area contributed by atoms with Crippen molar-refractivity contribution in [3.63, 3.8) is 0 Å². The maximum absolute atomic E-state index is 12.5. The van der Waals surface area contributed by atoms with Crippen molar-refractivity contribution in [1.82, 2.24) is 9.80 Å². The summed E-state index contributed by atoms with van der Waals surface area (Å²) in [6, 6.07) is 9.23. The molecule has 0 N–H and O–H groups in total. The minimum atomic E-state index is 0.344. The van der Waals surface area contributed by atoms with E-state index < -0.39 is 0 Å². The van der Waals surface area contributed by atoms with Crippen molar-refractivity contribution in [3.8, 4) is 5.75 Å². The Kier molecular flexibility index (Phi) is 8.43. The molecule has 1 aromatic carbocycles. The molecule has 0 aliphatic carbocycles. The van der Waals surface area contributed by atoms with E-state index in [4.69, 9.17) is 4.74 Å². The lowest BCUT2D eigenvalue weighted by Crippen LogP contribution is -2.42. The van der Waals surface area contributed by atoms with Crippen LogP contribution in [0.15, 0.2) is 24.3 Å². The predicted molar refractivity (Wildman–Crippen MR) is 108 cm³/mol. The molecule has 1 aliphatic heterocycles. The van der Waals surface area contributed by atoms with Crippen LogP contribution in [0.25, 0.3) is 0 Å². The summed E-state index contributed by atoms with van der Waals surface area (Å²) in [6.45, 7) is 9.63. The van der Waals surface area contributed by atoms with Gasteiger partial charge in [0.15, 0.2) is 0 Å². The summed E-state index contributed by atoms with van der Waals surface area (Å²) in [5.74, 6) is 1.25. The van der Waals surface area contributed by atoms with Crippen LogP contribution in [0.2, 0.25) is 0 Å². The molecule has 26 heavy (non-hydrogen) atoms. The summed E-state index contributed by atoms with van der Waals surface area (Å²) in [5.41, 5.74) is 1.33. The van der Waals surface area contributed by atoms with Crippen LogP contribution >= 0.6 is 0 Å². The highest BCUT2D eigenvalue weighted by Gasteiger charge is 2.23. The summed E-state index contributed by atoms with van der Waals surface area (Å²) in [5, 5.41) is 0. The highest BCUT2D eigenvalue weighted by atomic mass is 16.5. The number of likely N-dealkylation sites (N-methyl/N-ethyl adjacent to an activating group) is 1. The lowest BCUT2D eigenvalue weighted by molar-refractivity contribution is -0.134. The molecule has 1 saturated heterocycles. The summed E-state index contributed by atoms with van der Waals surface area (Å²) < 4.78 is 5.23. The smallest absolute Gasteiger partial charge is 0.222 e. The van der Waals surface area contributed by atoms with Crippen molar-refractivity contribution in [2.75, 3.05) is 26.7 Å². The lowest BCUT2D eigenvalue weighted by Gasteiger charge is -2.34. The average Bonchev–Trinajstić information content (AvgIpc) is 2.66. The number of rotatable bonds is 9. The first-order valence-corrected chi connectivity index (χ1v) is 10.2. The molecule has 2 atom stereocenters. The number of ether oxygens (including phenoxy) is 1. The SMILES string of the molecule is CCN(CCCC(=O)N1CCCCC1C)C(C)Cc1ccc(OC)cc1. The largest absolute Gasteiger partial charge is 0.497 e. The Labute approximate surface area is 159 Å². The average molecular weight is 361 g/mol. The van der Waals surface area contributed by atoms with E-state index >= 15 is 0 Å². The van der Waals surface area contributed by atoms with Gasteiger partial charge in [0, 0.05) is 25.0 Å². The Bertz CT molecular complexity index is 544. The van der Waals surface area contributed by atoms with Gasteiger partial charge in [-0.15, -0.1) is 0 Å². The first-order chi connectivity index (χ1) is 12.5. The Morgan fingerprint density at radius 1 is 1.31 bits per heavy atom. The molecular weight excluding hydrogens is 324 g/mol. The van der Waals surface area contributed by atoms with E-state index in [1.165, 1.54) is 12.0 Å². The molecule has 2 rings (SSSR count). The van der Waals surface area contributed by atoms with Gasteiger partial charge in [-0.2, -0.15) is 0 Å². The van der Waals surface area contributed by atoms with Crippen LogP contribution in [-0.2, 0) is 11.2 Å². The standard InChI is InChI=1S/C22H36N2O2/c1-5-23(19(3)17-20-11-13-21(26-4)14-12-20)15-8-10-22(25)24-16-7-6-9-18(24)2/h11-14,18-19H,5-10,15-17H2,1-4H3. The van der Waals surface area contributed by atoms with Gasteiger partial charge in [0.2, 0.25) is 5.91 Å². The molecule has 146 valence electrons. The number of benzene rings is 1. The van der Waals surface area contributed by atoms with Crippen LogP contribution in [0, 0.1) is 0 Å². The highest BCUT2D eigenvalue weighted by Crippen LogP contribution is 2.18.